The number of amides is 2. The lowest BCUT2D eigenvalue weighted by atomic mass is 9.73. The molecule has 0 aliphatic carbocycles. The summed E-state index contributed by atoms with van der Waals surface area (Å²) in [5.74, 6) is 1.46. The van der Waals surface area contributed by atoms with E-state index in [1.807, 2.05) is 39.2 Å². The van der Waals surface area contributed by atoms with Crippen molar-refractivity contribution in [1.82, 2.24) is 20.4 Å². The predicted octanol–water partition coefficient (Wildman–Crippen LogP) is 3.71. The number of para-hydroxylation sites is 1. The Morgan fingerprint density at radius 1 is 1.05 bits per heavy atom. The van der Waals surface area contributed by atoms with Crippen LogP contribution in [-0.4, -0.2) is 81.1 Å². The van der Waals surface area contributed by atoms with Crippen LogP contribution in [0.25, 0.3) is 0 Å². The van der Waals surface area contributed by atoms with Crippen LogP contribution in [0.15, 0.2) is 48.5 Å². The second kappa shape index (κ2) is 13.8. The van der Waals surface area contributed by atoms with Crippen LogP contribution in [0.4, 0.5) is 0 Å². The number of hydrogen-bond donors (Lipinski definition) is 2. The Labute approximate surface area is 233 Å². The van der Waals surface area contributed by atoms with Crippen molar-refractivity contribution >= 4 is 11.8 Å². The molecule has 1 fully saturated rings. The van der Waals surface area contributed by atoms with Crippen molar-refractivity contribution < 1.29 is 19.1 Å². The molecule has 39 heavy (non-hydrogen) atoms. The molecule has 8 heteroatoms. The number of rotatable bonds is 6. The van der Waals surface area contributed by atoms with Crippen molar-refractivity contribution in [2.24, 2.45) is 5.41 Å². The number of benzene rings is 2. The highest BCUT2D eigenvalue weighted by Crippen LogP contribution is 2.38. The topological polar surface area (TPSA) is 83.1 Å². The molecule has 2 aliphatic rings. The zero-order valence-electron chi connectivity index (χ0n) is 23.7. The van der Waals surface area contributed by atoms with Crippen LogP contribution in [0.2, 0.25) is 0 Å². The van der Waals surface area contributed by atoms with Crippen molar-refractivity contribution in [3.05, 3.63) is 59.7 Å². The van der Waals surface area contributed by atoms with Gasteiger partial charge in [-0.2, -0.15) is 0 Å². The minimum atomic E-state index is -0.395. The molecule has 1 spiro atoms. The van der Waals surface area contributed by atoms with Crippen LogP contribution in [-0.2, 0) is 11.3 Å². The van der Waals surface area contributed by atoms with E-state index in [1.54, 1.807) is 12.1 Å². The molecule has 2 N–H and O–H groups in total. The molecule has 2 aromatic rings. The van der Waals surface area contributed by atoms with Crippen LogP contribution in [0.3, 0.4) is 0 Å². The summed E-state index contributed by atoms with van der Waals surface area (Å²) in [6.07, 6.45) is 4.19. The predicted molar refractivity (Wildman–Crippen MR) is 153 cm³/mol. The first-order valence-corrected chi connectivity index (χ1v) is 14.2. The third kappa shape index (κ3) is 8.19. The van der Waals surface area contributed by atoms with Gasteiger partial charge in [-0.1, -0.05) is 30.7 Å². The van der Waals surface area contributed by atoms with Gasteiger partial charge in [0.05, 0.1) is 17.0 Å². The number of carbonyl (C=O) groups is 2. The van der Waals surface area contributed by atoms with E-state index in [1.165, 1.54) is 5.56 Å². The Balaban J connectivity index is 1.36. The van der Waals surface area contributed by atoms with Crippen molar-refractivity contribution in [2.75, 3.05) is 53.5 Å². The Morgan fingerprint density at radius 3 is 2.64 bits per heavy atom. The van der Waals surface area contributed by atoms with Gasteiger partial charge in [0, 0.05) is 19.6 Å². The largest absolute Gasteiger partial charge is 0.492 e. The molecule has 212 valence electrons. The van der Waals surface area contributed by atoms with E-state index in [0.717, 1.165) is 64.0 Å². The summed E-state index contributed by atoms with van der Waals surface area (Å²) in [6.45, 7) is 6.98. The lowest BCUT2D eigenvalue weighted by Gasteiger charge is -2.41. The maximum Gasteiger partial charge on any atom is 0.255 e. The van der Waals surface area contributed by atoms with E-state index in [0.29, 0.717) is 31.1 Å². The van der Waals surface area contributed by atoms with Crippen LogP contribution in [0.5, 0.6) is 11.5 Å². The fourth-order valence-corrected chi connectivity index (χ4v) is 5.37. The lowest BCUT2D eigenvalue weighted by molar-refractivity contribution is -0.135. The van der Waals surface area contributed by atoms with E-state index in [-0.39, 0.29) is 17.9 Å². The summed E-state index contributed by atoms with van der Waals surface area (Å²) >= 11 is 0. The van der Waals surface area contributed by atoms with Gasteiger partial charge >= 0.3 is 0 Å². The molecule has 4 rings (SSSR count). The molecular weight excluding hydrogens is 492 g/mol. The standard InChI is InChI=1S/C31H44N4O4/c1-24-23-39-28-12-5-4-11-27(28)29(36)32-16-7-6-13-31(30(37)33-24)14-17-35(18-15-31)22-25-9-8-10-26(21-25)38-20-19-34(2)3/h4-5,8-12,21,24H,6-7,13-20,22-23H2,1-3H3,(H,32,36)(H,33,37)/t24-/m1/s1. The number of carbonyl (C=O) groups excluding carboxylic acids is 2. The number of nitrogens with zero attached hydrogens (tertiary/aromatic N) is 2. The molecule has 0 bridgehead atoms. The summed E-state index contributed by atoms with van der Waals surface area (Å²) in [5, 5.41) is 6.26. The zero-order chi connectivity index (χ0) is 27.7. The highest BCUT2D eigenvalue weighted by atomic mass is 16.5. The molecule has 2 heterocycles. The first-order chi connectivity index (χ1) is 18.8. The van der Waals surface area contributed by atoms with Gasteiger partial charge in [0.1, 0.15) is 24.7 Å². The molecule has 0 radical (unpaired) electrons. The molecule has 2 aliphatic heterocycles. The zero-order valence-corrected chi connectivity index (χ0v) is 23.7. The SMILES string of the molecule is C[C@@H]1COc2ccccc2C(=O)NCCCCC2(CCN(Cc3cccc(OCCN(C)C)c3)CC2)C(=O)N1. The van der Waals surface area contributed by atoms with Crippen molar-refractivity contribution in [1.29, 1.82) is 0 Å². The van der Waals surface area contributed by atoms with Crippen molar-refractivity contribution in [2.45, 2.75) is 51.6 Å². The van der Waals surface area contributed by atoms with Gasteiger partial charge in [-0.25, -0.2) is 0 Å². The van der Waals surface area contributed by atoms with E-state index in [2.05, 4.69) is 38.6 Å². The Bertz CT molecular complexity index is 1100. The quantitative estimate of drug-likeness (QED) is 0.586. The summed E-state index contributed by atoms with van der Waals surface area (Å²) in [7, 11) is 4.08. The van der Waals surface area contributed by atoms with Crippen LogP contribution >= 0.6 is 0 Å². The van der Waals surface area contributed by atoms with Gasteiger partial charge < -0.3 is 25.0 Å². The molecule has 0 saturated carbocycles. The Morgan fingerprint density at radius 2 is 1.85 bits per heavy atom. The molecule has 1 atom stereocenters. The summed E-state index contributed by atoms with van der Waals surface area (Å²) in [5.41, 5.74) is 1.36. The number of likely N-dealkylation sites (N-methyl/N-ethyl adjacent to an activating group) is 1. The lowest BCUT2D eigenvalue weighted by Crippen LogP contribution is -2.51. The summed E-state index contributed by atoms with van der Waals surface area (Å²) in [4.78, 5) is 30.9. The molecule has 1 saturated heterocycles. The van der Waals surface area contributed by atoms with Gasteiger partial charge in [0.25, 0.3) is 5.91 Å². The minimum absolute atomic E-state index is 0.116. The number of likely N-dealkylation sites (tertiary alicyclic amines) is 1. The molecular formula is C31H44N4O4. The van der Waals surface area contributed by atoms with Crippen molar-refractivity contribution in [3.63, 3.8) is 0 Å². The monoisotopic (exact) mass is 536 g/mol. The van der Waals surface area contributed by atoms with Crippen molar-refractivity contribution in [3.8, 4) is 11.5 Å². The van der Waals surface area contributed by atoms with E-state index >= 15 is 0 Å². The number of piperidine rings is 1. The van der Waals surface area contributed by atoms with E-state index in [4.69, 9.17) is 9.47 Å². The van der Waals surface area contributed by atoms with Gasteiger partial charge in [-0.15, -0.1) is 0 Å². The summed E-state index contributed by atoms with van der Waals surface area (Å²) < 4.78 is 11.9. The van der Waals surface area contributed by atoms with Crippen LogP contribution in [0, 0.1) is 5.41 Å². The smallest absolute Gasteiger partial charge is 0.255 e. The maximum atomic E-state index is 13.7. The Kier molecular flexibility index (Phi) is 10.2. The second-order valence-corrected chi connectivity index (χ2v) is 11.3. The highest BCUT2D eigenvalue weighted by molar-refractivity contribution is 5.96. The third-order valence-electron chi connectivity index (χ3n) is 7.77. The first-order valence-electron chi connectivity index (χ1n) is 14.2. The number of ether oxygens (including phenoxy) is 2. The van der Waals surface area contributed by atoms with E-state index < -0.39 is 5.41 Å². The third-order valence-corrected chi connectivity index (χ3v) is 7.77. The fourth-order valence-electron chi connectivity index (χ4n) is 5.37. The molecule has 8 nitrogen and oxygen atoms in total. The number of nitrogens with one attached hydrogen (secondary N) is 2. The van der Waals surface area contributed by atoms with Gasteiger partial charge in [0.15, 0.2) is 0 Å². The highest BCUT2D eigenvalue weighted by Gasteiger charge is 2.41. The maximum absolute atomic E-state index is 13.7. The molecule has 2 aromatic carbocycles. The minimum Gasteiger partial charge on any atom is -0.492 e. The van der Waals surface area contributed by atoms with Crippen LogP contribution < -0.4 is 20.1 Å². The molecule has 2 amide bonds. The van der Waals surface area contributed by atoms with E-state index in [9.17, 15) is 9.59 Å². The molecule has 0 unspecified atom stereocenters. The van der Waals surface area contributed by atoms with Crippen LogP contribution in [0.1, 0.15) is 54.9 Å². The normalized spacial score (nSPS) is 20.9. The van der Waals surface area contributed by atoms with Gasteiger partial charge in [0.2, 0.25) is 5.91 Å². The second-order valence-electron chi connectivity index (χ2n) is 11.3. The first kappa shape index (κ1) is 28.9. The van der Waals surface area contributed by atoms with Gasteiger partial charge in [-0.3, -0.25) is 14.5 Å². The summed E-state index contributed by atoms with van der Waals surface area (Å²) in [6, 6.07) is 15.4. The van der Waals surface area contributed by atoms with Gasteiger partial charge in [-0.05, 0) is 89.6 Å². The Hall–Kier alpha value is -3.10. The average Bonchev–Trinajstić information content (AvgIpc) is 2.92. The number of hydrogen-bond acceptors (Lipinski definition) is 6. The molecule has 0 aromatic heterocycles. The fraction of sp³-hybridized carbons (Fsp3) is 0.548. The average molecular weight is 537 g/mol. The number of fused-ring (bicyclic) bond motifs is 1.